The van der Waals surface area contributed by atoms with Crippen molar-refractivity contribution in [3.05, 3.63) is 76.3 Å². The van der Waals surface area contributed by atoms with Gasteiger partial charge in [-0.05, 0) is 61.7 Å². The number of thiocarbonyl (C=S) groups is 1. The van der Waals surface area contributed by atoms with Gasteiger partial charge in [0, 0.05) is 22.9 Å². The minimum atomic E-state index is -0.261. The zero-order valence-electron chi connectivity index (χ0n) is 19.3. The van der Waals surface area contributed by atoms with Crippen LogP contribution in [0.3, 0.4) is 0 Å². The summed E-state index contributed by atoms with van der Waals surface area (Å²) in [4.78, 5) is 6.87. The quantitative estimate of drug-likeness (QED) is 0.435. The standard InChI is InChI=1S/C26H27ClN4O2S/c1-3-17-9-11-18(12-10-17)24-29-25(33-30-24)22-16(2)31(15-21-8-5-13-32-21)26(34)28-23(22)19-6-4-7-20(27)14-19/h4,6-7,9-12,14,21,23H,3,5,8,13,15H2,1-2H3,(H,28,34). The Bertz CT molecular complexity index is 1220. The van der Waals surface area contributed by atoms with Crippen LogP contribution in [-0.2, 0) is 11.2 Å². The lowest BCUT2D eigenvalue weighted by atomic mass is 9.94. The summed E-state index contributed by atoms with van der Waals surface area (Å²) in [5.74, 6) is 1.02. The molecule has 0 saturated carbocycles. The molecule has 2 unspecified atom stereocenters. The highest BCUT2D eigenvalue weighted by atomic mass is 35.5. The summed E-state index contributed by atoms with van der Waals surface area (Å²) < 4.78 is 11.7. The first kappa shape index (κ1) is 23.0. The predicted octanol–water partition coefficient (Wildman–Crippen LogP) is 5.79. The Balaban J connectivity index is 1.55. The molecule has 1 N–H and O–H groups in total. The number of nitrogens with one attached hydrogen (secondary N) is 1. The minimum Gasteiger partial charge on any atom is -0.376 e. The Hall–Kier alpha value is -2.74. The van der Waals surface area contributed by atoms with Gasteiger partial charge in [-0.2, -0.15) is 4.98 Å². The molecule has 1 saturated heterocycles. The molecule has 0 aliphatic carbocycles. The third-order valence-electron chi connectivity index (χ3n) is 6.47. The van der Waals surface area contributed by atoms with Crippen LogP contribution in [0.5, 0.6) is 0 Å². The van der Waals surface area contributed by atoms with E-state index in [1.54, 1.807) is 0 Å². The van der Waals surface area contributed by atoms with Crippen molar-refractivity contribution in [2.45, 2.75) is 45.3 Å². The summed E-state index contributed by atoms with van der Waals surface area (Å²) in [6.07, 6.45) is 3.23. The smallest absolute Gasteiger partial charge is 0.258 e. The molecule has 1 fully saturated rings. The second-order valence-electron chi connectivity index (χ2n) is 8.66. The number of hydrogen-bond acceptors (Lipinski definition) is 5. The summed E-state index contributed by atoms with van der Waals surface area (Å²) in [5, 5.41) is 9.09. The van der Waals surface area contributed by atoms with Crippen LogP contribution >= 0.6 is 23.8 Å². The summed E-state index contributed by atoms with van der Waals surface area (Å²) in [6, 6.07) is 15.7. The fourth-order valence-corrected chi connectivity index (χ4v) is 5.07. The highest BCUT2D eigenvalue weighted by molar-refractivity contribution is 7.80. The lowest BCUT2D eigenvalue weighted by Gasteiger charge is -2.38. The van der Waals surface area contributed by atoms with Gasteiger partial charge in [0.05, 0.1) is 24.3 Å². The fraction of sp³-hybridized carbons (Fsp3) is 0.346. The van der Waals surface area contributed by atoms with Gasteiger partial charge in [0.1, 0.15) is 0 Å². The van der Waals surface area contributed by atoms with E-state index in [0.717, 1.165) is 48.3 Å². The predicted molar refractivity (Wildman–Crippen MR) is 137 cm³/mol. The summed E-state index contributed by atoms with van der Waals surface area (Å²) >= 11 is 12.1. The van der Waals surface area contributed by atoms with Gasteiger partial charge in [-0.15, -0.1) is 0 Å². The Morgan fingerprint density at radius 2 is 2.03 bits per heavy atom. The van der Waals surface area contributed by atoms with Crippen molar-refractivity contribution in [2.24, 2.45) is 0 Å². The second-order valence-corrected chi connectivity index (χ2v) is 9.48. The van der Waals surface area contributed by atoms with Crippen LogP contribution in [0, 0.1) is 0 Å². The molecule has 5 rings (SSSR count). The molecule has 8 heteroatoms. The van der Waals surface area contributed by atoms with Gasteiger partial charge in [0.2, 0.25) is 5.82 Å². The number of aromatic nitrogens is 2. The topological polar surface area (TPSA) is 63.4 Å². The molecule has 0 spiro atoms. The summed E-state index contributed by atoms with van der Waals surface area (Å²) in [7, 11) is 0. The average molecular weight is 495 g/mol. The van der Waals surface area contributed by atoms with Crippen LogP contribution < -0.4 is 5.32 Å². The van der Waals surface area contributed by atoms with Gasteiger partial charge in [-0.25, -0.2) is 0 Å². The van der Waals surface area contributed by atoms with Crippen LogP contribution in [0.4, 0.5) is 0 Å². The maximum absolute atomic E-state index is 6.33. The number of ether oxygens (including phenoxy) is 1. The first-order valence-electron chi connectivity index (χ1n) is 11.6. The number of rotatable bonds is 6. The largest absolute Gasteiger partial charge is 0.376 e. The van der Waals surface area contributed by atoms with Crippen LogP contribution in [-0.4, -0.2) is 39.4 Å². The number of hydrogen-bond donors (Lipinski definition) is 1. The lowest BCUT2D eigenvalue weighted by Crippen LogP contribution is -2.48. The number of benzene rings is 2. The molecule has 34 heavy (non-hydrogen) atoms. The Morgan fingerprint density at radius 1 is 1.21 bits per heavy atom. The first-order valence-corrected chi connectivity index (χ1v) is 12.4. The Labute approximate surface area is 209 Å². The molecule has 2 aliphatic heterocycles. The summed E-state index contributed by atoms with van der Waals surface area (Å²) in [6.45, 7) is 5.66. The molecule has 0 bridgehead atoms. The fourth-order valence-electron chi connectivity index (χ4n) is 4.55. The van der Waals surface area contributed by atoms with E-state index in [0.29, 0.717) is 28.4 Å². The van der Waals surface area contributed by atoms with Crippen molar-refractivity contribution in [3.63, 3.8) is 0 Å². The van der Waals surface area contributed by atoms with E-state index in [-0.39, 0.29) is 12.1 Å². The van der Waals surface area contributed by atoms with Crippen molar-refractivity contribution in [1.29, 1.82) is 0 Å². The zero-order valence-corrected chi connectivity index (χ0v) is 20.8. The molecule has 3 aromatic rings. The van der Waals surface area contributed by atoms with E-state index in [1.165, 1.54) is 5.56 Å². The third kappa shape index (κ3) is 4.60. The number of nitrogens with zero attached hydrogens (tertiary/aromatic N) is 3. The van der Waals surface area contributed by atoms with Crippen molar-refractivity contribution in [3.8, 4) is 11.4 Å². The van der Waals surface area contributed by atoms with E-state index in [1.807, 2.05) is 36.4 Å². The van der Waals surface area contributed by atoms with Crippen molar-refractivity contribution >= 4 is 34.5 Å². The van der Waals surface area contributed by atoms with E-state index in [4.69, 9.17) is 38.1 Å². The van der Waals surface area contributed by atoms with Gasteiger partial charge in [0.25, 0.3) is 5.89 Å². The van der Waals surface area contributed by atoms with E-state index < -0.39 is 0 Å². The van der Waals surface area contributed by atoms with Gasteiger partial charge >= 0.3 is 0 Å². The monoisotopic (exact) mass is 494 g/mol. The van der Waals surface area contributed by atoms with Gasteiger partial charge in [0.15, 0.2) is 5.11 Å². The van der Waals surface area contributed by atoms with E-state index in [9.17, 15) is 0 Å². The molecule has 0 amide bonds. The second kappa shape index (κ2) is 9.86. The number of allylic oxidation sites excluding steroid dienone is 1. The minimum absolute atomic E-state index is 0.147. The molecular formula is C26H27ClN4O2S. The van der Waals surface area contributed by atoms with Crippen LogP contribution in [0.15, 0.2) is 58.8 Å². The summed E-state index contributed by atoms with van der Waals surface area (Å²) in [5.41, 5.74) is 5.02. The normalized spacial score (nSPS) is 20.7. The number of halogens is 1. The molecule has 2 atom stereocenters. The maximum Gasteiger partial charge on any atom is 0.258 e. The van der Waals surface area contributed by atoms with Crippen LogP contribution in [0.25, 0.3) is 17.0 Å². The maximum atomic E-state index is 6.33. The van der Waals surface area contributed by atoms with Crippen molar-refractivity contribution < 1.29 is 9.26 Å². The Morgan fingerprint density at radius 3 is 2.74 bits per heavy atom. The van der Waals surface area contributed by atoms with Crippen molar-refractivity contribution in [1.82, 2.24) is 20.4 Å². The van der Waals surface area contributed by atoms with Crippen LogP contribution in [0.2, 0.25) is 5.02 Å². The van der Waals surface area contributed by atoms with Gasteiger partial charge in [-0.3, -0.25) is 0 Å². The molecule has 3 heterocycles. The Kier molecular flexibility index (Phi) is 6.68. The molecule has 2 aliphatic rings. The van der Waals surface area contributed by atoms with Gasteiger partial charge < -0.3 is 19.5 Å². The molecular weight excluding hydrogens is 468 g/mol. The van der Waals surface area contributed by atoms with Crippen molar-refractivity contribution in [2.75, 3.05) is 13.2 Å². The number of aryl methyl sites for hydroxylation is 1. The molecule has 176 valence electrons. The first-order chi connectivity index (χ1) is 16.5. The van der Waals surface area contributed by atoms with E-state index in [2.05, 4.69) is 41.4 Å². The molecule has 0 radical (unpaired) electrons. The molecule has 6 nitrogen and oxygen atoms in total. The third-order valence-corrected chi connectivity index (χ3v) is 7.04. The molecule has 1 aromatic heterocycles. The lowest BCUT2D eigenvalue weighted by molar-refractivity contribution is 0.0962. The van der Waals surface area contributed by atoms with Gasteiger partial charge in [-0.1, -0.05) is 60.1 Å². The molecule has 2 aromatic carbocycles. The highest BCUT2D eigenvalue weighted by Gasteiger charge is 2.35. The highest BCUT2D eigenvalue weighted by Crippen LogP contribution is 2.38. The SMILES string of the molecule is CCc1ccc(-c2noc(C3=C(C)N(CC4CCCO4)C(=S)NC3c3cccc(Cl)c3)n2)cc1. The average Bonchev–Trinajstić information content (AvgIpc) is 3.54. The van der Waals surface area contributed by atoms with E-state index >= 15 is 0 Å². The van der Waals surface area contributed by atoms with Crippen LogP contribution in [0.1, 0.15) is 49.7 Å². The zero-order chi connectivity index (χ0) is 23.7.